The van der Waals surface area contributed by atoms with Gasteiger partial charge < -0.3 is 19.3 Å². The Kier molecular flexibility index (Phi) is 6.22. The maximum absolute atomic E-state index is 13.2. The van der Waals surface area contributed by atoms with Gasteiger partial charge in [-0.25, -0.2) is 4.79 Å². The number of aliphatic hydroxyl groups excluding tert-OH is 1. The molecule has 3 atom stereocenters. The Morgan fingerprint density at radius 1 is 1.18 bits per heavy atom. The Morgan fingerprint density at radius 3 is 2.62 bits per heavy atom. The summed E-state index contributed by atoms with van der Waals surface area (Å²) in [5, 5.41) is 15.3. The molecule has 2 fully saturated rings. The zero-order valence-corrected chi connectivity index (χ0v) is 20.1. The average molecular weight is 481 g/mol. The van der Waals surface area contributed by atoms with Gasteiger partial charge in [0.2, 0.25) is 0 Å². The lowest BCUT2D eigenvalue weighted by molar-refractivity contribution is 0.0722. The highest BCUT2D eigenvalue weighted by Gasteiger charge is 2.45. The van der Waals surface area contributed by atoms with Crippen LogP contribution in [0.2, 0.25) is 0 Å². The van der Waals surface area contributed by atoms with Gasteiger partial charge in [-0.05, 0) is 38.0 Å². The lowest BCUT2D eigenvalue weighted by Gasteiger charge is -2.47. The van der Waals surface area contributed by atoms with Crippen molar-refractivity contribution in [3.8, 4) is 0 Å². The summed E-state index contributed by atoms with van der Waals surface area (Å²) >= 11 is 1.58. The van der Waals surface area contributed by atoms with E-state index in [1.165, 1.54) is 10.9 Å². The van der Waals surface area contributed by atoms with Crippen molar-refractivity contribution in [2.75, 3.05) is 19.6 Å². The third-order valence-corrected chi connectivity index (χ3v) is 7.98. The molecule has 3 unspecified atom stereocenters. The van der Waals surface area contributed by atoms with Crippen molar-refractivity contribution in [3.05, 3.63) is 71.3 Å². The number of likely N-dealkylation sites (tertiary alicyclic amines) is 2. The number of carbonyl (C=O) groups excluding carboxylic acids is 2. The molecule has 2 aromatic heterocycles. The largest absolute Gasteiger partial charge is 0.459 e. The van der Waals surface area contributed by atoms with Gasteiger partial charge >= 0.3 is 11.9 Å². The molecule has 9 heteroatoms. The van der Waals surface area contributed by atoms with Crippen LogP contribution in [-0.2, 0) is 5.75 Å². The van der Waals surface area contributed by atoms with Crippen LogP contribution in [-0.4, -0.2) is 68.4 Å². The fourth-order valence-corrected chi connectivity index (χ4v) is 5.72. The van der Waals surface area contributed by atoms with E-state index in [1.807, 2.05) is 36.9 Å². The zero-order chi connectivity index (χ0) is 23.8. The lowest BCUT2D eigenvalue weighted by atomic mass is 9.86. The van der Waals surface area contributed by atoms with Crippen LogP contribution < -0.4 is 0 Å². The van der Waals surface area contributed by atoms with Gasteiger partial charge in [0.25, 0.3) is 0 Å². The minimum absolute atomic E-state index is 0.0391. The van der Waals surface area contributed by atoms with E-state index in [1.54, 1.807) is 28.8 Å². The number of thioether (sulfide) groups is 1. The van der Waals surface area contributed by atoms with Gasteiger partial charge in [0.05, 0.1) is 18.1 Å². The molecule has 5 rings (SSSR count). The number of nitrogens with zero attached hydrogens (tertiary/aromatic N) is 4. The maximum Gasteiger partial charge on any atom is 0.320 e. The number of aliphatic hydroxyl groups is 1. The molecule has 0 saturated carbocycles. The topological polar surface area (TPSA) is 91.8 Å². The van der Waals surface area contributed by atoms with Gasteiger partial charge in [0.1, 0.15) is 5.03 Å². The second-order valence-corrected chi connectivity index (χ2v) is 9.92. The first-order valence-electron chi connectivity index (χ1n) is 11.5. The molecule has 0 spiro atoms. The molecule has 2 aliphatic heterocycles. The number of aromatic nitrogens is 2. The number of amides is 2. The van der Waals surface area contributed by atoms with Crippen LogP contribution >= 0.6 is 11.8 Å². The van der Waals surface area contributed by atoms with E-state index >= 15 is 0 Å². The number of rotatable bonds is 5. The minimum Gasteiger partial charge on any atom is -0.459 e. The lowest BCUT2D eigenvalue weighted by Crippen LogP contribution is -2.59. The van der Waals surface area contributed by atoms with Crippen LogP contribution in [0.3, 0.4) is 0 Å². The summed E-state index contributed by atoms with van der Waals surface area (Å²) < 4.78 is 6.80. The first-order chi connectivity index (χ1) is 16.4. The Morgan fingerprint density at radius 2 is 1.97 bits per heavy atom. The summed E-state index contributed by atoms with van der Waals surface area (Å²) in [5.74, 6) is 0.682. The fourth-order valence-electron chi connectivity index (χ4n) is 4.66. The monoisotopic (exact) mass is 480 g/mol. The predicted octanol–water partition coefficient (Wildman–Crippen LogP) is 3.74. The summed E-state index contributed by atoms with van der Waals surface area (Å²) in [6, 6.07) is 13.4. The van der Waals surface area contributed by atoms with Crippen molar-refractivity contribution in [1.82, 2.24) is 19.6 Å². The molecule has 178 valence electrons. The molecule has 0 bridgehead atoms. The van der Waals surface area contributed by atoms with Crippen molar-refractivity contribution in [2.45, 2.75) is 49.1 Å². The molecule has 2 aliphatic rings. The molecule has 1 aromatic carbocycles. The first kappa shape index (κ1) is 22.7. The van der Waals surface area contributed by atoms with Crippen molar-refractivity contribution in [1.29, 1.82) is 0 Å². The van der Waals surface area contributed by atoms with Gasteiger partial charge in [-0.1, -0.05) is 30.3 Å². The Hall–Kier alpha value is -3.04. The number of furan rings is 1. The molecule has 8 nitrogen and oxygen atoms in total. The van der Waals surface area contributed by atoms with Crippen molar-refractivity contribution in [2.24, 2.45) is 0 Å². The number of hydrogen-bond donors (Lipinski definition) is 1. The molecular formula is C25H28N4O4S. The SMILES string of the molecule is Cc1c(C2CN(C(=O)N3CCC(O)C3)C2C)nn(C(=O)c2ccco2)c1SCc1ccccc1. The van der Waals surface area contributed by atoms with Crippen molar-refractivity contribution < 1.29 is 19.1 Å². The molecule has 4 heterocycles. The minimum atomic E-state index is -0.439. The number of urea groups is 1. The summed E-state index contributed by atoms with van der Waals surface area (Å²) in [6.07, 6.45) is 1.66. The summed E-state index contributed by atoms with van der Waals surface area (Å²) in [6.45, 7) is 5.53. The highest BCUT2D eigenvalue weighted by atomic mass is 32.2. The third kappa shape index (κ3) is 4.14. The van der Waals surface area contributed by atoms with Crippen LogP contribution in [0.25, 0.3) is 0 Å². The molecule has 3 aromatic rings. The normalized spacial score (nSPS) is 22.1. The average Bonchev–Trinajstić information content (AvgIpc) is 3.59. The van der Waals surface area contributed by atoms with Gasteiger partial charge in [-0.2, -0.15) is 9.78 Å². The Bertz CT molecular complexity index is 1180. The quantitative estimate of drug-likeness (QED) is 0.560. The molecule has 1 N–H and O–H groups in total. The highest BCUT2D eigenvalue weighted by molar-refractivity contribution is 7.98. The summed E-state index contributed by atoms with van der Waals surface area (Å²) in [5.41, 5.74) is 2.96. The molecule has 2 saturated heterocycles. The van der Waals surface area contributed by atoms with E-state index in [0.29, 0.717) is 31.8 Å². The predicted molar refractivity (Wildman–Crippen MR) is 128 cm³/mol. The van der Waals surface area contributed by atoms with Crippen molar-refractivity contribution in [3.63, 3.8) is 0 Å². The molecule has 34 heavy (non-hydrogen) atoms. The van der Waals surface area contributed by atoms with E-state index in [2.05, 4.69) is 12.1 Å². The third-order valence-electron chi connectivity index (χ3n) is 6.75. The van der Waals surface area contributed by atoms with Crippen LogP contribution in [0.15, 0.2) is 58.2 Å². The van der Waals surface area contributed by atoms with Gasteiger partial charge in [0, 0.05) is 42.9 Å². The molecular weight excluding hydrogens is 452 g/mol. The van der Waals surface area contributed by atoms with Crippen molar-refractivity contribution >= 4 is 23.7 Å². The van der Waals surface area contributed by atoms with Crippen LogP contribution in [0.5, 0.6) is 0 Å². The number of benzene rings is 1. The van der Waals surface area contributed by atoms with Gasteiger partial charge in [-0.15, -0.1) is 11.8 Å². The molecule has 0 radical (unpaired) electrons. The van der Waals surface area contributed by atoms with Crippen LogP contribution in [0.4, 0.5) is 4.79 Å². The van der Waals surface area contributed by atoms with E-state index in [9.17, 15) is 14.7 Å². The Balaban J connectivity index is 1.39. The zero-order valence-electron chi connectivity index (χ0n) is 19.3. The standard InChI is InChI=1S/C25H28N4O4S/c1-16-22(20-14-28(17(20)2)25(32)27-11-10-19(30)13-27)26-29(23(31)21-9-6-12-33-21)24(16)34-15-18-7-4-3-5-8-18/h3-9,12,17,19-20,30H,10-11,13-15H2,1-2H3. The van der Waals surface area contributed by atoms with Gasteiger partial charge in [-0.3, -0.25) is 4.79 Å². The van der Waals surface area contributed by atoms with E-state index in [0.717, 1.165) is 21.8 Å². The smallest absolute Gasteiger partial charge is 0.320 e. The summed E-state index contributed by atoms with van der Waals surface area (Å²) in [7, 11) is 0. The fraction of sp³-hybridized carbons (Fsp3) is 0.400. The highest BCUT2D eigenvalue weighted by Crippen LogP contribution is 2.39. The summed E-state index contributed by atoms with van der Waals surface area (Å²) in [4.78, 5) is 29.6. The van der Waals surface area contributed by atoms with E-state index < -0.39 is 6.10 Å². The molecule has 2 amide bonds. The van der Waals surface area contributed by atoms with E-state index in [4.69, 9.17) is 9.52 Å². The maximum atomic E-state index is 13.2. The van der Waals surface area contributed by atoms with Crippen LogP contribution in [0, 0.1) is 6.92 Å². The second-order valence-electron chi connectivity index (χ2n) is 8.95. The van der Waals surface area contributed by atoms with Gasteiger partial charge in [0.15, 0.2) is 5.76 Å². The number of β-amino-alcohol motifs (C(OH)–C–C–N with tert-alkyl or cyclic N) is 1. The first-order valence-corrected chi connectivity index (χ1v) is 12.5. The number of carbonyl (C=O) groups is 2. The number of hydrogen-bond acceptors (Lipinski definition) is 6. The van der Waals surface area contributed by atoms with Crippen LogP contribution in [0.1, 0.15) is 46.6 Å². The Labute approximate surface area is 202 Å². The second kappa shape index (κ2) is 9.31. The molecule has 0 aliphatic carbocycles. The van der Waals surface area contributed by atoms with E-state index in [-0.39, 0.29) is 29.7 Å².